The SMILES string of the molecule is CCOC(=O)c1c(N)[nH]c(-c2ccccc2)c1C. The third-order valence-corrected chi connectivity index (χ3v) is 2.82. The zero-order chi connectivity index (χ0) is 13.1. The van der Waals surface area contributed by atoms with Crippen molar-refractivity contribution in [2.75, 3.05) is 12.3 Å². The van der Waals surface area contributed by atoms with E-state index in [4.69, 9.17) is 10.5 Å². The molecule has 1 heterocycles. The molecule has 0 amide bonds. The highest BCUT2D eigenvalue weighted by Gasteiger charge is 2.20. The lowest BCUT2D eigenvalue weighted by Crippen LogP contribution is -2.07. The smallest absolute Gasteiger partial charge is 0.342 e. The molecule has 0 radical (unpaired) electrons. The van der Waals surface area contributed by atoms with Gasteiger partial charge in [0.2, 0.25) is 0 Å². The van der Waals surface area contributed by atoms with Crippen LogP contribution in [-0.4, -0.2) is 17.6 Å². The molecule has 0 spiro atoms. The van der Waals surface area contributed by atoms with Gasteiger partial charge < -0.3 is 15.5 Å². The predicted molar refractivity (Wildman–Crippen MR) is 71.3 cm³/mol. The Balaban J connectivity index is 2.47. The number of H-pyrrole nitrogens is 1. The van der Waals surface area contributed by atoms with Gasteiger partial charge in [0.25, 0.3) is 0 Å². The number of benzene rings is 1. The van der Waals surface area contributed by atoms with Crippen LogP contribution in [0.5, 0.6) is 0 Å². The normalized spacial score (nSPS) is 10.3. The fourth-order valence-electron chi connectivity index (χ4n) is 1.98. The molecule has 2 rings (SSSR count). The zero-order valence-corrected chi connectivity index (χ0v) is 10.5. The van der Waals surface area contributed by atoms with Crippen LogP contribution in [0, 0.1) is 6.92 Å². The van der Waals surface area contributed by atoms with Gasteiger partial charge in [0, 0.05) is 0 Å². The number of anilines is 1. The van der Waals surface area contributed by atoms with E-state index in [9.17, 15) is 4.79 Å². The molecule has 0 atom stereocenters. The van der Waals surface area contributed by atoms with Crippen molar-refractivity contribution in [1.82, 2.24) is 4.98 Å². The van der Waals surface area contributed by atoms with E-state index >= 15 is 0 Å². The van der Waals surface area contributed by atoms with Gasteiger partial charge in [0.15, 0.2) is 0 Å². The van der Waals surface area contributed by atoms with Gasteiger partial charge in [0.1, 0.15) is 11.4 Å². The second-order valence-electron chi connectivity index (χ2n) is 4.00. The minimum absolute atomic E-state index is 0.337. The molecule has 2 aromatic rings. The molecule has 0 saturated heterocycles. The predicted octanol–water partition coefficient (Wildman–Crippen LogP) is 2.75. The van der Waals surface area contributed by atoms with Gasteiger partial charge in [-0.2, -0.15) is 0 Å². The molecule has 4 nitrogen and oxygen atoms in total. The van der Waals surface area contributed by atoms with Gasteiger partial charge in [-0.05, 0) is 25.0 Å². The first-order valence-electron chi connectivity index (χ1n) is 5.85. The molecule has 0 bridgehead atoms. The van der Waals surface area contributed by atoms with Gasteiger partial charge in [0.05, 0.1) is 12.3 Å². The molecule has 0 aliphatic carbocycles. The van der Waals surface area contributed by atoms with Crippen LogP contribution in [0.4, 0.5) is 5.82 Å². The van der Waals surface area contributed by atoms with Crippen LogP contribution < -0.4 is 5.73 Å². The van der Waals surface area contributed by atoms with Crippen molar-refractivity contribution in [2.24, 2.45) is 0 Å². The topological polar surface area (TPSA) is 68.1 Å². The van der Waals surface area contributed by atoms with E-state index in [2.05, 4.69) is 4.98 Å². The van der Waals surface area contributed by atoms with E-state index in [0.717, 1.165) is 16.8 Å². The Kier molecular flexibility index (Phi) is 3.37. The van der Waals surface area contributed by atoms with E-state index in [1.54, 1.807) is 6.92 Å². The third-order valence-electron chi connectivity index (χ3n) is 2.82. The Hall–Kier alpha value is -2.23. The maximum absolute atomic E-state index is 11.8. The Morgan fingerprint density at radius 3 is 2.61 bits per heavy atom. The molecule has 0 aliphatic heterocycles. The minimum atomic E-state index is -0.383. The van der Waals surface area contributed by atoms with Crippen LogP contribution in [0.1, 0.15) is 22.8 Å². The maximum Gasteiger partial charge on any atom is 0.342 e. The standard InChI is InChI=1S/C14H16N2O2/c1-3-18-14(17)11-9(2)12(16-13(11)15)10-7-5-4-6-8-10/h4-8,16H,3,15H2,1-2H3. The number of hydrogen-bond donors (Lipinski definition) is 2. The molecule has 1 aromatic carbocycles. The van der Waals surface area contributed by atoms with Crippen LogP contribution >= 0.6 is 0 Å². The summed E-state index contributed by atoms with van der Waals surface area (Å²) >= 11 is 0. The lowest BCUT2D eigenvalue weighted by atomic mass is 10.1. The van der Waals surface area contributed by atoms with Crippen LogP contribution in [0.25, 0.3) is 11.3 Å². The molecule has 18 heavy (non-hydrogen) atoms. The van der Waals surface area contributed by atoms with Gasteiger partial charge in [-0.15, -0.1) is 0 Å². The fourth-order valence-corrected chi connectivity index (χ4v) is 1.98. The van der Waals surface area contributed by atoms with Gasteiger partial charge >= 0.3 is 5.97 Å². The molecule has 3 N–H and O–H groups in total. The number of nitrogens with one attached hydrogen (secondary N) is 1. The van der Waals surface area contributed by atoms with Crippen molar-refractivity contribution in [3.8, 4) is 11.3 Å². The molecular weight excluding hydrogens is 228 g/mol. The first kappa shape index (κ1) is 12.2. The summed E-state index contributed by atoms with van der Waals surface area (Å²) in [6.07, 6.45) is 0. The quantitative estimate of drug-likeness (QED) is 0.816. The first-order chi connectivity index (χ1) is 8.65. The van der Waals surface area contributed by atoms with Crippen LogP contribution in [0.2, 0.25) is 0 Å². The summed E-state index contributed by atoms with van der Waals surface area (Å²) in [6, 6.07) is 9.75. The van der Waals surface area contributed by atoms with E-state index in [1.807, 2.05) is 37.3 Å². The summed E-state index contributed by atoms with van der Waals surface area (Å²) in [5.41, 5.74) is 8.95. The second kappa shape index (κ2) is 4.96. The molecule has 0 unspecified atom stereocenters. The molecule has 0 fully saturated rings. The van der Waals surface area contributed by atoms with E-state index in [1.165, 1.54) is 0 Å². The lowest BCUT2D eigenvalue weighted by molar-refractivity contribution is 0.0527. The Labute approximate surface area is 106 Å². The fraction of sp³-hybridized carbons (Fsp3) is 0.214. The third kappa shape index (κ3) is 2.09. The number of ether oxygens (including phenoxy) is 1. The average Bonchev–Trinajstić information content (AvgIpc) is 2.66. The van der Waals surface area contributed by atoms with Crippen molar-refractivity contribution in [1.29, 1.82) is 0 Å². The molecule has 4 heteroatoms. The Morgan fingerprint density at radius 2 is 2.00 bits per heavy atom. The molecular formula is C14H16N2O2. The molecule has 1 aromatic heterocycles. The first-order valence-corrected chi connectivity index (χ1v) is 5.85. The maximum atomic E-state index is 11.8. The summed E-state index contributed by atoms with van der Waals surface area (Å²) in [5.74, 6) is -0.0317. The van der Waals surface area contributed by atoms with Crippen LogP contribution in [-0.2, 0) is 4.74 Å². The van der Waals surface area contributed by atoms with Crippen molar-refractivity contribution < 1.29 is 9.53 Å². The van der Waals surface area contributed by atoms with Crippen molar-refractivity contribution in [3.63, 3.8) is 0 Å². The highest BCUT2D eigenvalue weighted by molar-refractivity contribution is 5.98. The summed E-state index contributed by atoms with van der Waals surface area (Å²) in [4.78, 5) is 14.9. The van der Waals surface area contributed by atoms with Crippen LogP contribution in [0.3, 0.4) is 0 Å². The van der Waals surface area contributed by atoms with E-state index in [-0.39, 0.29) is 5.97 Å². The summed E-state index contributed by atoms with van der Waals surface area (Å²) < 4.78 is 5.00. The van der Waals surface area contributed by atoms with Gasteiger partial charge in [-0.25, -0.2) is 4.79 Å². The monoisotopic (exact) mass is 244 g/mol. The van der Waals surface area contributed by atoms with Crippen molar-refractivity contribution in [3.05, 3.63) is 41.5 Å². The minimum Gasteiger partial charge on any atom is -0.462 e. The average molecular weight is 244 g/mol. The van der Waals surface area contributed by atoms with Crippen molar-refractivity contribution in [2.45, 2.75) is 13.8 Å². The number of nitrogen functional groups attached to an aromatic ring is 1. The number of hydrogen-bond acceptors (Lipinski definition) is 3. The highest BCUT2D eigenvalue weighted by atomic mass is 16.5. The number of aromatic amines is 1. The van der Waals surface area contributed by atoms with E-state index < -0.39 is 0 Å². The summed E-state index contributed by atoms with van der Waals surface area (Å²) in [5, 5.41) is 0. The number of esters is 1. The van der Waals surface area contributed by atoms with Crippen molar-refractivity contribution >= 4 is 11.8 Å². The lowest BCUT2D eigenvalue weighted by Gasteiger charge is -2.02. The highest BCUT2D eigenvalue weighted by Crippen LogP contribution is 2.29. The number of nitrogens with two attached hydrogens (primary N) is 1. The molecule has 0 aliphatic rings. The molecule has 0 saturated carbocycles. The summed E-state index contributed by atoms with van der Waals surface area (Å²) in [6.45, 7) is 3.97. The zero-order valence-electron chi connectivity index (χ0n) is 10.5. The number of carbonyl (C=O) groups excluding carboxylic acids is 1. The van der Waals surface area contributed by atoms with Crippen LogP contribution in [0.15, 0.2) is 30.3 Å². The molecule has 94 valence electrons. The largest absolute Gasteiger partial charge is 0.462 e. The Morgan fingerprint density at radius 1 is 1.33 bits per heavy atom. The van der Waals surface area contributed by atoms with Gasteiger partial charge in [-0.1, -0.05) is 30.3 Å². The number of carbonyl (C=O) groups is 1. The van der Waals surface area contributed by atoms with E-state index in [0.29, 0.717) is 18.0 Å². The number of rotatable bonds is 3. The summed E-state index contributed by atoms with van der Waals surface area (Å²) in [7, 11) is 0. The Bertz CT molecular complexity index is 559. The van der Waals surface area contributed by atoms with Gasteiger partial charge in [-0.3, -0.25) is 0 Å². The second-order valence-corrected chi connectivity index (χ2v) is 4.00. The number of aromatic nitrogens is 1.